The maximum Gasteiger partial charge on any atom is 0.0474 e. The smallest absolute Gasteiger partial charge is 0.0474 e. The molecule has 2 rings (SSSR count). The summed E-state index contributed by atoms with van der Waals surface area (Å²) >= 11 is 0. The van der Waals surface area contributed by atoms with Crippen LogP contribution in [0.2, 0.25) is 0 Å². The largest absolute Gasteiger partial charge is 0.396 e. The quantitative estimate of drug-likeness (QED) is 0.736. The van der Waals surface area contributed by atoms with E-state index in [0.717, 1.165) is 18.5 Å². The van der Waals surface area contributed by atoms with Crippen molar-refractivity contribution in [2.75, 3.05) is 33.3 Å². The molecule has 3 nitrogen and oxygen atoms in total. The number of hydrogen-bond donors (Lipinski definition) is 2. The van der Waals surface area contributed by atoms with Crippen LogP contribution in [0, 0.1) is 11.8 Å². The van der Waals surface area contributed by atoms with Crippen LogP contribution < -0.4 is 5.32 Å². The number of nitrogens with zero attached hydrogens (tertiary/aromatic N) is 1. The van der Waals surface area contributed by atoms with Gasteiger partial charge in [-0.15, -0.1) is 0 Å². The molecule has 16 heavy (non-hydrogen) atoms. The molecule has 0 aromatic rings. The molecule has 0 spiro atoms. The van der Waals surface area contributed by atoms with Crippen LogP contribution in [-0.2, 0) is 0 Å². The molecule has 94 valence electrons. The lowest BCUT2D eigenvalue weighted by Gasteiger charge is -2.35. The predicted octanol–water partition coefficient (Wildman–Crippen LogP) is 1.08. The Morgan fingerprint density at radius 2 is 1.94 bits per heavy atom. The minimum atomic E-state index is 0.355. The molecule has 2 aliphatic rings. The fraction of sp³-hybridized carbons (Fsp3) is 1.00. The Bertz CT molecular complexity index is 198. The second kappa shape index (κ2) is 5.99. The molecule has 1 saturated heterocycles. The average Bonchev–Trinajstić information content (AvgIpc) is 2.24. The first kappa shape index (κ1) is 12.3. The van der Waals surface area contributed by atoms with Crippen molar-refractivity contribution in [3.05, 3.63) is 0 Å². The summed E-state index contributed by atoms with van der Waals surface area (Å²) in [4.78, 5) is 2.39. The molecule has 0 radical (unpaired) electrons. The molecular weight excluding hydrogens is 200 g/mol. The van der Waals surface area contributed by atoms with E-state index in [9.17, 15) is 5.11 Å². The van der Waals surface area contributed by atoms with Gasteiger partial charge in [0.25, 0.3) is 0 Å². The van der Waals surface area contributed by atoms with Gasteiger partial charge in [0.1, 0.15) is 0 Å². The number of piperidine rings is 1. The van der Waals surface area contributed by atoms with Gasteiger partial charge in [0, 0.05) is 19.2 Å². The summed E-state index contributed by atoms with van der Waals surface area (Å²) in [6, 6.07) is 0.750. The van der Waals surface area contributed by atoms with Gasteiger partial charge in [-0.1, -0.05) is 6.42 Å². The molecule has 3 heteroatoms. The zero-order chi connectivity index (χ0) is 11.4. The van der Waals surface area contributed by atoms with Crippen molar-refractivity contribution in [3.63, 3.8) is 0 Å². The summed E-state index contributed by atoms with van der Waals surface area (Å²) in [5.74, 6) is 1.21. The van der Waals surface area contributed by atoms with E-state index < -0.39 is 0 Å². The van der Waals surface area contributed by atoms with Crippen LogP contribution in [0.3, 0.4) is 0 Å². The molecule has 0 amide bonds. The summed E-state index contributed by atoms with van der Waals surface area (Å²) in [5.41, 5.74) is 0. The fourth-order valence-electron chi connectivity index (χ4n) is 2.81. The minimum absolute atomic E-state index is 0.355. The third-order valence-electron chi connectivity index (χ3n) is 4.44. The van der Waals surface area contributed by atoms with Crippen molar-refractivity contribution in [3.8, 4) is 0 Å². The molecule has 1 aliphatic carbocycles. The van der Waals surface area contributed by atoms with E-state index in [0.29, 0.717) is 12.5 Å². The Hall–Kier alpha value is -0.120. The fourth-order valence-corrected chi connectivity index (χ4v) is 2.81. The Morgan fingerprint density at radius 1 is 1.25 bits per heavy atom. The van der Waals surface area contributed by atoms with E-state index in [4.69, 9.17) is 0 Å². The number of likely N-dealkylation sites (tertiary alicyclic amines) is 1. The molecule has 2 N–H and O–H groups in total. The van der Waals surface area contributed by atoms with Gasteiger partial charge >= 0.3 is 0 Å². The molecule has 0 bridgehead atoms. The number of aliphatic hydroxyl groups excluding tert-OH is 1. The molecule has 0 aromatic carbocycles. The van der Waals surface area contributed by atoms with Crippen molar-refractivity contribution in [1.82, 2.24) is 10.2 Å². The van der Waals surface area contributed by atoms with E-state index in [1.54, 1.807) is 0 Å². The zero-order valence-electron chi connectivity index (χ0n) is 10.5. The third-order valence-corrected chi connectivity index (χ3v) is 4.44. The number of aliphatic hydroxyl groups is 1. The van der Waals surface area contributed by atoms with Crippen molar-refractivity contribution in [2.45, 2.75) is 38.1 Å². The third kappa shape index (κ3) is 3.19. The highest BCUT2D eigenvalue weighted by Crippen LogP contribution is 2.25. The van der Waals surface area contributed by atoms with Gasteiger partial charge in [-0.2, -0.15) is 0 Å². The normalized spacial score (nSPS) is 26.6. The summed E-state index contributed by atoms with van der Waals surface area (Å²) in [5, 5.41) is 13.1. The van der Waals surface area contributed by atoms with Crippen LogP contribution in [0.15, 0.2) is 0 Å². The van der Waals surface area contributed by atoms with Crippen LogP contribution in [0.5, 0.6) is 0 Å². The lowest BCUT2D eigenvalue weighted by Crippen LogP contribution is -2.43. The first-order chi connectivity index (χ1) is 7.79. The molecule has 0 aromatic heterocycles. The van der Waals surface area contributed by atoms with Crippen molar-refractivity contribution in [1.29, 1.82) is 0 Å². The second-order valence-corrected chi connectivity index (χ2v) is 5.62. The lowest BCUT2D eigenvalue weighted by molar-refractivity contribution is 0.112. The standard InChI is InChI=1S/C13H26N2O/c1-15-7-5-11(6-8-15)12(10-16)9-14-13-3-2-4-13/h11-14,16H,2-10H2,1H3. The highest BCUT2D eigenvalue weighted by molar-refractivity contribution is 4.81. The Labute approximate surface area is 99.2 Å². The number of hydrogen-bond acceptors (Lipinski definition) is 3. The van der Waals surface area contributed by atoms with Crippen molar-refractivity contribution in [2.24, 2.45) is 11.8 Å². The topological polar surface area (TPSA) is 35.5 Å². The van der Waals surface area contributed by atoms with Crippen LogP contribution >= 0.6 is 0 Å². The molecule has 2 fully saturated rings. The first-order valence-corrected chi connectivity index (χ1v) is 6.82. The molecular formula is C13H26N2O. The Balaban J connectivity index is 1.70. The van der Waals surface area contributed by atoms with Gasteiger partial charge in [-0.3, -0.25) is 0 Å². The van der Waals surface area contributed by atoms with Gasteiger partial charge in [0.15, 0.2) is 0 Å². The lowest BCUT2D eigenvalue weighted by atomic mass is 9.84. The van der Waals surface area contributed by atoms with E-state index in [1.807, 2.05) is 0 Å². The van der Waals surface area contributed by atoms with E-state index in [2.05, 4.69) is 17.3 Å². The van der Waals surface area contributed by atoms with Gasteiger partial charge in [0.2, 0.25) is 0 Å². The summed E-state index contributed by atoms with van der Waals surface area (Å²) in [6.45, 7) is 3.78. The zero-order valence-corrected chi connectivity index (χ0v) is 10.5. The van der Waals surface area contributed by atoms with Gasteiger partial charge in [-0.05, 0) is 57.7 Å². The molecule has 1 unspecified atom stereocenters. The molecule has 1 heterocycles. The maximum atomic E-state index is 9.49. The van der Waals surface area contributed by atoms with E-state index >= 15 is 0 Å². The molecule has 1 saturated carbocycles. The molecule has 1 atom stereocenters. The SMILES string of the molecule is CN1CCC(C(CO)CNC2CCC2)CC1. The summed E-state index contributed by atoms with van der Waals surface area (Å²) in [7, 11) is 2.19. The maximum absolute atomic E-state index is 9.49. The van der Waals surface area contributed by atoms with Crippen LogP contribution in [0.1, 0.15) is 32.1 Å². The van der Waals surface area contributed by atoms with Gasteiger partial charge < -0.3 is 15.3 Å². The predicted molar refractivity (Wildman–Crippen MR) is 66.4 cm³/mol. The molecule has 1 aliphatic heterocycles. The van der Waals surface area contributed by atoms with Crippen LogP contribution in [0.4, 0.5) is 0 Å². The second-order valence-electron chi connectivity index (χ2n) is 5.62. The van der Waals surface area contributed by atoms with Gasteiger partial charge in [-0.25, -0.2) is 0 Å². The van der Waals surface area contributed by atoms with Crippen molar-refractivity contribution >= 4 is 0 Å². The monoisotopic (exact) mass is 226 g/mol. The summed E-state index contributed by atoms with van der Waals surface area (Å²) in [6.07, 6.45) is 6.58. The average molecular weight is 226 g/mol. The van der Waals surface area contributed by atoms with Crippen LogP contribution in [-0.4, -0.2) is 49.3 Å². The first-order valence-electron chi connectivity index (χ1n) is 6.82. The van der Waals surface area contributed by atoms with E-state index in [-0.39, 0.29) is 0 Å². The van der Waals surface area contributed by atoms with Gasteiger partial charge in [0.05, 0.1) is 0 Å². The van der Waals surface area contributed by atoms with Crippen molar-refractivity contribution < 1.29 is 5.11 Å². The highest BCUT2D eigenvalue weighted by Gasteiger charge is 2.26. The Morgan fingerprint density at radius 3 is 2.44 bits per heavy atom. The Kier molecular flexibility index (Phi) is 4.62. The number of nitrogens with one attached hydrogen (secondary N) is 1. The number of rotatable bonds is 5. The summed E-state index contributed by atoms with van der Waals surface area (Å²) < 4.78 is 0. The highest BCUT2D eigenvalue weighted by atomic mass is 16.3. The minimum Gasteiger partial charge on any atom is -0.396 e. The van der Waals surface area contributed by atoms with Crippen LogP contribution in [0.25, 0.3) is 0 Å². The van der Waals surface area contributed by atoms with E-state index in [1.165, 1.54) is 45.2 Å².